The molecule has 0 aliphatic carbocycles. The van der Waals surface area contributed by atoms with Gasteiger partial charge in [0.1, 0.15) is 0 Å². The SMILES string of the molecule is CN1C=CN(c2cccc(N3c4ccccc4C(C)(C)c4ccc([Si](c5ccccn5)(C(C)(C)C)C(C)(C)C)cc43)c2)C1. The minimum absolute atomic E-state index is 0.0226. The van der Waals surface area contributed by atoms with Gasteiger partial charge in [-0.05, 0) is 68.9 Å². The molecule has 222 valence electrons. The molecular formula is C38H46N4Si. The van der Waals surface area contributed by atoms with E-state index in [0.717, 1.165) is 6.67 Å². The summed E-state index contributed by atoms with van der Waals surface area (Å²) in [6.07, 6.45) is 6.28. The summed E-state index contributed by atoms with van der Waals surface area (Å²) >= 11 is 0. The van der Waals surface area contributed by atoms with Crippen LogP contribution >= 0.6 is 0 Å². The van der Waals surface area contributed by atoms with Crippen LogP contribution in [0.25, 0.3) is 0 Å². The van der Waals surface area contributed by atoms with Gasteiger partial charge < -0.3 is 14.7 Å². The quantitative estimate of drug-likeness (QED) is 0.224. The first-order chi connectivity index (χ1) is 20.3. The van der Waals surface area contributed by atoms with E-state index in [2.05, 4.69) is 168 Å². The zero-order chi connectivity index (χ0) is 30.8. The Hall–Kier alpha value is -3.83. The van der Waals surface area contributed by atoms with Crippen LogP contribution in [0.3, 0.4) is 0 Å². The predicted octanol–water partition coefficient (Wildman–Crippen LogP) is 8.53. The largest absolute Gasteiger partial charge is 0.361 e. The van der Waals surface area contributed by atoms with Crippen LogP contribution in [0, 0.1) is 0 Å². The molecule has 0 amide bonds. The van der Waals surface area contributed by atoms with Crippen LogP contribution in [0.2, 0.25) is 10.1 Å². The number of para-hydroxylation sites is 1. The summed E-state index contributed by atoms with van der Waals surface area (Å²) in [5.41, 5.74) is 7.46. The molecule has 2 aliphatic rings. The van der Waals surface area contributed by atoms with E-state index in [1.807, 2.05) is 12.3 Å². The molecule has 0 saturated heterocycles. The van der Waals surface area contributed by atoms with Crippen molar-refractivity contribution in [2.24, 2.45) is 0 Å². The normalized spacial score (nSPS) is 16.3. The molecule has 3 aromatic carbocycles. The van der Waals surface area contributed by atoms with Crippen molar-refractivity contribution in [3.05, 3.63) is 115 Å². The summed E-state index contributed by atoms with van der Waals surface area (Å²) in [5, 5.41) is 2.73. The third-order valence-electron chi connectivity index (χ3n) is 9.76. The van der Waals surface area contributed by atoms with Crippen LogP contribution in [0.4, 0.5) is 22.7 Å². The smallest absolute Gasteiger partial charge is 0.151 e. The van der Waals surface area contributed by atoms with E-state index in [9.17, 15) is 0 Å². The van der Waals surface area contributed by atoms with Crippen molar-refractivity contribution in [1.29, 1.82) is 0 Å². The first kappa shape index (κ1) is 29.2. The number of nitrogens with zero attached hydrogens (tertiary/aromatic N) is 4. The van der Waals surface area contributed by atoms with Crippen molar-refractivity contribution in [2.75, 3.05) is 23.5 Å². The van der Waals surface area contributed by atoms with Gasteiger partial charge in [-0.1, -0.05) is 97.9 Å². The van der Waals surface area contributed by atoms with Gasteiger partial charge in [-0.3, -0.25) is 4.98 Å². The Balaban J connectivity index is 1.64. The minimum Gasteiger partial charge on any atom is -0.361 e. The van der Waals surface area contributed by atoms with Crippen LogP contribution in [0.5, 0.6) is 0 Å². The van der Waals surface area contributed by atoms with Crippen LogP contribution in [0.15, 0.2) is 104 Å². The average Bonchev–Trinajstić information content (AvgIpc) is 3.39. The van der Waals surface area contributed by atoms with Crippen molar-refractivity contribution < 1.29 is 0 Å². The molecule has 0 radical (unpaired) electrons. The zero-order valence-electron chi connectivity index (χ0n) is 27.3. The lowest BCUT2D eigenvalue weighted by Crippen LogP contribution is -2.70. The van der Waals surface area contributed by atoms with E-state index in [1.54, 1.807) is 0 Å². The van der Waals surface area contributed by atoms with Gasteiger partial charge in [0.15, 0.2) is 8.07 Å². The first-order valence-corrected chi connectivity index (χ1v) is 17.5. The second kappa shape index (κ2) is 10.1. The molecule has 0 unspecified atom stereocenters. The van der Waals surface area contributed by atoms with Crippen molar-refractivity contribution >= 4 is 41.3 Å². The third-order valence-corrected chi connectivity index (χ3v) is 16.5. The molecule has 4 aromatic rings. The highest BCUT2D eigenvalue weighted by atomic mass is 28.3. The van der Waals surface area contributed by atoms with Crippen molar-refractivity contribution in [1.82, 2.24) is 9.88 Å². The minimum atomic E-state index is -2.48. The Bertz CT molecular complexity index is 1660. The maximum absolute atomic E-state index is 5.11. The summed E-state index contributed by atoms with van der Waals surface area (Å²) in [6, 6.07) is 31.9. The van der Waals surface area contributed by atoms with Gasteiger partial charge in [0.05, 0.1) is 18.0 Å². The molecule has 2 aliphatic heterocycles. The van der Waals surface area contributed by atoms with Crippen LogP contribution in [0.1, 0.15) is 66.5 Å². The van der Waals surface area contributed by atoms with Crippen LogP contribution in [-0.2, 0) is 5.41 Å². The van der Waals surface area contributed by atoms with E-state index in [4.69, 9.17) is 4.98 Å². The number of pyridine rings is 1. The number of anilines is 4. The lowest BCUT2D eigenvalue weighted by atomic mass is 9.73. The second-order valence-corrected chi connectivity index (χ2v) is 20.5. The maximum atomic E-state index is 5.11. The van der Waals surface area contributed by atoms with Gasteiger partial charge in [0.25, 0.3) is 0 Å². The molecule has 43 heavy (non-hydrogen) atoms. The zero-order valence-corrected chi connectivity index (χ0v) is 28.3. The van der Waals surface area contributed by atoms with Gasteiger partial charge in [-0.15, -0.1) is 0 Å². The highest BCUT2D eigenvalue weighted by molar-refractivity contribution is 7.05. The molecule has 0 saturated carbocycles. The molecular weight excluding hydrogens is 541 g/mol. The number of aromatic nitrogens is 1. The number of hydrogen-bond acceptors (Lipinski definition) is 4. The Labute approximate surface area is 259 Å². The van der Waals surface area contributed by atoms with E-state index in [1.165, 1.54) is 44.4 Å². The number of rotatable bonds is 4. The van der Waals surface area contributed by atoms with E-state index < -0.39 is 8.07 Å². The highest BCUT2D eigenvalue weighted by Crippen LogP contribution is 2.54. The van der Waals surface area contributed by atoms with Crippen molar-refractivity contribution in [2.45, 2.75) is 70.9 Å². The van der Waals surface area contributed by atoms with Crippen molar-refractivity contribution in [3.8, 4) is 0 Å². The Kier molecular flexibility index (Phi) is 6.89. The maximum Gasteiger partial charge on any atom is 0.151 e. The first-order valence-electron chi connectivity index (χ1n) is 15.5. The Morgan fingerprint density at radius 2 is 1.37 bits per heavy atom. The molecule has 0 N–H and O–H groups in total. The lowest BCUT2D eigenvalue weighted by Gasteiger charge is -2.52. The molecule has 0 fully saturated rings. The van der Waals surface area contributed by atoms with E-state index in [-0.39, 0.29) is 15.5 Å². The van der Waals surface area contributed by atoms with Crippen LogP contribution < -0.4 is 20.3 Å². The van der Waals surface area contributed by atoms with E-state index in [0.29, 0.717) is 0 Å². The van der Waals surface area contributed by atoms with Gasteiger partial charge in [0.2, 0.25) is 0 Å². The molecule has 0 atom stereocenters. The van der Waals surface area contributed by atoms with Gasteiger partial charge >= 0.3 is 0 Å². The van der Waals surface area contributed by atoms with Gasteiger partial charge in [0, 0.05) is 47.8 Å². The molecule has 5 heteroatoms. The number of benzene rings is 3. The lowest BCUT2D eigenvalue weighted by molar-refractivity contribution is 0.496. The molecule has 0 spiro atoms. The standard InChI is InChI=1S/C38H46N4Si/c1-36(2,3)43(37(4,5)6,35-19-12-13-22-39-35)30-20-21-32-34(26-30)42(33-18-11-10-17-31(33)38(32,7)8)29-16-14-15-28(25-29)41-24-23-40(9)27-41/h10-26H,27H2,1-9H3. The Morgan fingerprint density at radius 3 is 2.02 bits per heavy atom. The third kappa shape index (κ3) is 4.51. The second-order valence-electron chi connectivity index (χ2n) is 14.9. The molecule has 4 nitrogen and oxygen atoms in total. The van der Waals surface area contributed by atoms with Crippen LogP contribution in [-0.4, -0.2) is 31.7 Å². The van der Waals surface area contributed by atoms with Gasteiger partial charge in [-0.2, -0.15) is 0 Å². The number of hydrogen-bond donors (Lipinski definition) is 0. The summed E-state index contributed by atoms with van der Waals surface area (Å²) in [5.74, 6) is 0. The molecule has 6 rings (SSSR count). The monoisotopic (exact) mass is 586 g/mol. The van der Waals surface area contributed by atoms with Gasteiger partial charge in [-0.25, -0.2) is 0 Å². The topological polar surface area (TPSA) is 22.6 Å². The molecule has 1 aromatic heterocycles. The summed E-state index contributed by atoms with van der Waals surface area (Å²) in [4.78, 5) is 12.1. The molecule has 3 heterocycles. The summed E-state index contributed by atoms with van der Waals surface area (Å²) in [6.45, 7) is 20.2. The fourth-order valence-electron chi connectivity index (χ4n) is 8.23. The number of fused-ring (bicyclic) bond motifs is 2. The predicted molar refractivity (Wildman–Crippen MR) is 186 cm³/mol. The molecule has 0 bridgehead atoms. The average molecular weight is 587 g/mol. The van der Waals surface area contributed by atoms with E-state index >= 15 is 0 Å². The fourth-order valence-corrected chi connectivity index (χ4v) is 15.3. The van der Waals surface area contributed by atoms with Crippen molar-refractivity contribution in [3.63, 3.8) is 0 Å². The summed E-state index contributed by atoms with van der Waals surface area (Å²) in [7, 11) is -0.365. The fraction of sp³-hybridized carbons (Fsp3) is 0.342. The highest BCUT2D eigenvalue weighted by Gasteiger charge is 2.57. The summed E-state index contributed by atoms with van der Waals surface area (Å²) < 4.78 is 0. The Morgan fingerprint density at radius 1 is 0.698 bits per heavy atom.